The third-order valence-corrected chi connectivity index (χ3v) is 4.45. The topological polar surface area (TPSA) is 36.4 Å². The van der Waals surface area contributed by atoms with Gasteiger partial charge in [-0.2, -0.15) is 0 Å². The molecule has 1 aromatic heterocycles. The van der Waals surface area contributed by atoms with Crippen LogP contribution < -0.4 is 0 Å². The quantitative estimate of drug-likeness (QED) is 0.790. The molecule has 1 N–H and O–H groups in total. The largest absolute Gasteiger partial charge is 0.395 e. The Morgan fingerprint density at radius 3 is 2.86 bits per heavy atom. The van der Waals surface area contributed by atoms with Crippen molar-refractivity contribution in [1.29, 1.82) is 0 Å². The average Bonchev–Trinajstić information content (AvgIpc) is 2.97. The van der Waals surface area contributed by atoms with Gasteiger partial charge in [0, 0.05) is 29.6 Å². The van der Waals surface area contributed by atoms with Gasteiger partial charge in [0.1, 0.15) is 10.8 Å². The van der Waals surface area contributed by atoms with Crippen LogP contribution in [0.1, 0.15) is 18.2 Å². The van der Waals surface area contributed by atoms with Crippen LogP contribution in [0.25, 0.3) is 10.6 Å². The molecule has 0 amide bonds. The van der Waals surface area contributed by atoms with Gasteiger partial charge < -0.3 is 5.11 Å². The molecule has 0 aliphatic rings. The van der Waals surface area contributed by atoms with Gasteiger partial charge in [0.25, 0.3) is 0 Å². The standard InChI is InChI=1S/C15H18ClFN2OS/c1-2-19(5-6-20)9-12-7-11(3-4-14(12)17)15-18-13(8-16)10-21-15/h3-4,7,10,20H,2,5-6,8-9H2,1H3. The third-order valence-electron chi connectivity index (χ3n) is 3.24. The molecule has 114 valence electrons. The number of likely N-dealkylation sites (N-methyl/N-ethyl adjacent to an activating group) is 1. The summed E-state index contributed by atoms with van der Waals surface area (Å²) in [5.41, 5.74) is 2.34. The Balaban J connectivity index is 2.24. The molecule has 0 bridgehead atoms. The number of hydrogen-bond acceptors (Lipinski definition) is 4. The van der Waals surface area contributed by atoms with Gasteiger partial charge in [-0.15, -0.1) is 22.9 Å². The minimum absolute atomic E-state index is 0.0702. The minimum Gasteiger partial charge on any atom is -0.395 e. The van der Waals surface area contributed by atoms with E-state index in [0.29, 0.717) is 24.5 Å². The minimum atomic E-state index is -0.232. The number of aliphatic hydroxyl groups excluding tert-OH is 1. The molecule has 0 spiro atoms. The highest BCUT2D eigenvalue weighted by Crippen LogP contribution is 2.26. The van der Waals surface area contributed by atoms with Crippen LogP contribution in [0.4, 0.5) is 4.39 Å². The van der Waals surface area contributed by atoms with Crippen LogP contribution in [-0.2, 0) is 12.4 Å². The Kier molecular flexibility index (Phi) is 6.11. The molecule has 2 rings (SSSR count). The lowest BCUT2D eigenvalue weighted by atomic mass is 10.1. The molecule has 0 radical (unpaired) electrons. The van der Waals surface area contributed by atoms with E-state index in [-0.39, 0.29) is 12.4 Å². The second-order valence-corrected chi connectivity index (χ2v) is 5.80. The van der Waals surface area contributed by atoms with Gasteiger partial charge in [0.15, 0.2) is 0 Å². The fourth-order valence-corrected chi connectivity index (χ4v) is 3.11. The molecule has 0 saturated heterocycles. The van der Waals surface area contributed by atoms with Crippen molar-refractivity contribution >= 4 is 22.9 Å². The number of hydrogen-bond donors (Lipinski definition) is 1. The molecule has 1 aromatic carbocycles. The number of thiazole rings is 1. The smallest absolute Gasteiger partial charge is 0.127 e. The zero-order chi connectivity index (χ0) is 15.2. The molecule has 1 heterocycles. The zero-order valence-electron chi connectivity index (χ0n) is 11.9. The number of aromatic nitrogens is 1. The van der Waals surface area contributed by atoms with E-state index < -0.39 is 0 Å². The predicted octanol–water partition coefficient (Wildman–Crippen LogP) is 3.50. The van der Waals surface area contributed by atoms with Crippen LogP contribution in [0.15, 0.2) is 23.6 Å². The summed E-state index contributed by atoms with van der Waals surface area (Å²) in [5.74, 6) is 0.147. The summed E-state index contributed by atoms with van der Waals surface area (Å²) in [6.45, 7) is 3.84. The fraction of sp³-hybridized carbons (Fsp3) is 0.400. The van der Waals surface area contributed by atoms with E-state index >= 15 is 0 Å². The first-order valence-corrected chi connectivity index (χ1v) is 8.21. The van der Waals surface area contributed by atoms with Gasteiger partial charge in [-0.3, -0.25) is 4.90 Å². The Bertz CT molecular complexity index is 591. The highest BCUT2D eigenvalue weighted by molar-refractivity contribution is 7.13. The number of halogens is 2. The van der Waals surface area contributed by atoms with Crippen LogP contribution >= 0.6 is 22.9 Å². The first-order valence-electron chi connectivity index (χ1n) is 6.80. The maximum atomic E-state index is 14.0. The van der Waals surface area contributed by atoms with Crippen molar-refractivity contribution in [1.82, 2.24) is 9.88 Å². The van der Waals surface area contributed by atoms with Crippen LogP contribution in [0.3, 0.4) is 0 Å². The number of alkyl halides is 1. The number of benzene rings is 1. The summed E-state index contributed by atoms with van der Waals surface area (Å²) >= 11 is 7.27. The molecule has 0 fully saturated rings. The van der Waals surface area contributed by atoms with Gasteiger partial charge in [-0.05, 0) is 24.7 Å². The summed E-state index contributed by atoms with van der Waals surface area (Å²) in [4.78, 5) is 6.41. The summed E-state index contributed by atoms with van der Waals surface area (Å²) in [6, 6.07) is 5.03. The Hall–Kier alpha value is -1.01. The molecule has 3 nitrogen and oxygen atoms in total. The molecular weight excluding hydrogens is 311 g/mol. The van der Waals surface area contributed by atoms with Crippen molar-refractivity contribution in [3.05, 3.63) is 40.7 Å². The van der Waals surface area contributed by atoms with Crippen molar-refractivity contribution in [2.24, 2.45) is 0 Å². The van der Waals surface area contributed by atoms with E-state index in [4.69, 9.17) is 16.7 Å². The van der Waals surface area contributed by atoms with Crippen molar-refractivity contribution in [3.63, 3.8) is 0 Å². The first-order chi connectivity index (χ1) is 10.2. The monoisotopic (exact) mass is 328 g/mol. The fourth-order valence-electron chi connectivity index (χ4n) is 2.06. The summed E-state index contributed by atoms with van der Waals surface area (Å²) < 4.78 is 14.0. The highest BCUT2D eigenvalue weighted by Gasteiger charge is 2.11. The number of aliphatic hydroxyl groups is 1. The first kappa shape index (κ1) is 16.4. The Labute approximate surface area is 133 Å². The lowest BCUT2D eigenvalue weighted by molar-refractivity contribution is 0.195. The molecule has 0 saturated carbocycles. The van der Waals surface area contributed by atoms with E-state index in [0.717, 1.165) is 22.8 Å². The number of nitrogens with zero attached hydrogens (tertiary/aromatic N) is 2. The van der Waals surface area contributed by atoms with Gasteiger partial charge in [-0.1, -0.05) is 6.92 Å². The molecule has 21 heavy (non-hydrogen) atoms. The summed E-state index contributed by atoms with van der Waals surface area (Å²) in [7, 11) is 0. The number of rotatable bonds is 7. The third kappa shape index (κ3) is 4.23. The summed E-state index contributed by atoms with van der Waals surface area (Å²) in [5, 5.41) is 11.8. The van der Waals surface area contributed by atoms with E-state index in [1.165, 1.54) is 17.4 Å². The highest BCUT2D eigenvalue weighted by atomic mass is 35.5. The van der Waals surface area contributed by atoms with E-state index in [1.807, 2.05) is 23.3 Å². The van der Waals surface area contributed by atoms with Crippen molar-refractivity contribution in [3.8, 4) is 10.6 Å². The Morgan fingerprint density at radius 2 is 2.24 bits per heavy atom. The lowest BCUT2D eigenvalue weighted by Crippen LogP contribution is -2.26. The average molecular weight is 329 g/mol. The van der Waals surface area contributed by atoms with Gasteiger partial charge in [0.2, 0.25) is 0 Å². The van der Waals surface area contributed by atoms with Crippen molar-refractivity contribution in [2.75, 3.05) is 19.7 Å². The molecule has 0 aliphatic heterocycles. The zero-order valence-corrected chi connectivity index (χ0v) is 13.4. The van der Waals surface area contributed by atoms with Crippen LogP contribution in [0.5, 0.6) is 0 Å². The van der Waals surface area contributed by atoms with E-state index in [9.17, 15) is 4.39 Å². The van der Waals surface area contributed by atoms with Gasteiger partial charge in [0.05, 0.1) is 18.2 Å². The van der Waals surface area contributed by atoms with Gasteiger partial charge in [-0.25, -0.2) is 9.37 Å². The van der Waals surface area contributed by atoms with Crippen LogP contribution in [0, 0.1) is 5.82 Å². The molecule has 2 aromatic rings. The normalized spacial score (nSPS) is 11.3. The maximum Gasteiger partial charge on any atom is 0.127 e. The molecule has 6 heteroatoms. The second-order valence-electron chi connectivity index (χ2n) is 4.68. The SMILES string of the molecule is CCN(CCO)Cc1cc(-c2nc(CCl)cs2)ccc1F. The second kappa shape index (κ2) is 7.84. The molecule has 0 aliphatic carbocycles. The van der Waals surface area contributed by atoms with Crippen LogP contribution in [0.2, 0.25) is 0 Å². The molecule has 0 unspecified atom stereocenters. The predicted molar refractivity (Wildman–Crippen MR) is 85.1 cm³/mol. The maximum absolute atomic E-state index is 14.0. The van der Waals surface area contributed by atoms with E-state index in [1.54, 1.807) is 6.07 Å². The van der Waals surface area contributed by atoms with E-state index in [2.05, 4.69) is 4.98 Å². The van der Waals surface area contributed by atoms with Crippen LogP contribution in [-0.4, -0.2) is 34.7 Å². The van der Waals surface area contributed by atoms with Crippen molar-refractivity contribution in [2.45, 2.75) is 19.3 Å². The molecule has 0 atom stereocenters. The lowest BCUT2D eigenvalue weighted by Gasteiger charge is -2.19. The van der Waals surface area contributed by atoms with Gasteiger partial charge >= 0.3 is 0 Å². The Morgan fingerprint density at radius 1 is 1.43 bits per heavy atom. The molecular formula is C15H18ClFN2OS. The summed E-state index contributed by atoms with van der Waals surface area (Å²) in [6.07, 6.45) is 0. The van der Waals surface area contributed by atoms with Crippen molar-refractivity contribution < 1.29 is 9.50 Å².